The Kier molecular flexibility index (Phi) is 11.5. The highest BCUT2D eigenvalue weighted by Crippen LogP contribution is 2.25. The molecule has 0 spiro atoms. The van der Waals surface area contributed by atoms with Crippen LogP contribution in [0.25, 0.3) is 10.8 Å². The third-order valence-corrected chi connectivity index (χ3v) is 9.43. The molecule has 1 aliphatic carbocycles. The quantitative estimate of drug-likeness (QED) is 0.220. The number of nitrogens with one attached hydrogen (secondary N) is 2. The summed E-state index contributed by atoms with van der Waals surface area (Å²) in [7, 11) is -4.02. The Morgan fingerprint density at radius 3 is 2.18 bits per heavy atom. The minimum absolute atomic E-state index is 0.00623. The number of hydrazine groups is 1. The molecule has 4 rings (SSSR count). The van der Waals surface area contributed by atoms with Gasteiger partial charge in [0.15, 0.2) is 0 Å². The van der Waals surface area contributed by atoms with E-state index in [1.807, 2.05) is 82.3 Å². The van der Waals surface area contributed by atoms with E-state index < -0.39 is 22.2 Å². The highest BCUT2D eigenvalue weighted by atomic mass is 32.2. The zero-order valence-electron chi connectivity index (χ0n) is 26.1. The molecule has 2 atom stereocenters. The molecule has 3 N–H and O–H groups in total. The Morgan fingerprint density at radius 2 is 1.55 bits per heavy atom. The van der Waals surface area contributed by atoms with Gasteiger partial charge in [-0.05, 0) is 59.6 Å². The maximum absolute atomic E-state index is 14.1. The van der Waals surface area contributed by atoms with E-state index in [9.17, 15) is 23.1 Å². The number of carbonyl (C=O) groups is 2. The van der Waals surface area contributed by atoms with Gasteiger partial charge in [-0.2, -0.15) is 4.31 Å². The Balaban J connectivity index is 1.67. The van der Waals surface area contributed by atoms with Gasteiger partial charge in [-0.25, -0.2) is 13.4 Å². The van der Waals surface area contributed by atoms with Crippen LogP contribution in [0.4, 0.5) is 0 Å². The molecule has 0 unspecified atom stereocenters. The van der Waals surface area contributed by atoms with Crippen LogP contribution in [0.15, 0.2) is 77.7 Å². The van der Waals surface area contributed by atoms with Crippen LogP contribution in [-0.4, -0.2) is 72.5 Å². The lowest BCUT2D eigenvalue weighted by molar-refractivity contribution is -0.148. The van der Waals surface area contributed by atoms with Gasteiger partial charge in [0.2, 0.25) is 15.9 Å². The Labute approximate surface area is 261 Å². The van der Waals surface area contributed by atoms with Crippen LogP contribution in [0.1, 0.15) is 52.5 Å². The lowest BCUT2D eigenvalue weighted by Gasteiger charge is -2.37. The first kappa shape index (κ1) is 33.6. The smallest absolute Gasteiger partial charge is 0.252 e. The summed E-state index contributed by atoms with van der Waals surface area (Å²) in [5.74, 6) is -0.752. The number of benzene rings is 3. The van der Waals surface area contributed by atoms with Crippen LogP contribution in [0.5, 0.6) is 0 Å². The summed E-state index contributed by atoms with van der Waals surface area (Å²) >= 11 is 0. The van der Waals surface area contributed by atoms with E-state index in [4.69, 9.17) is 0 Å². The third-order valence-electron chi connectivity index (χ3n) is 7.61. The molecule has 238 valence electrons. The second kappa shape index (κ2) is 15.1. The van der Waals surface area contributed by atoms with Crippen LogP contribution >= 0.6 is 0 Å². The topological polar surface area (TPSA) is 119 Å². The maximum atomic E-state index is 14.1. The third kappa shape index (κ3) is 9.34. The van der Waals surface area contributed by atoms with Crippen LogP contribution in [0.2, 0.25) is 0 Å². The lowest BCUT2D eigenvalue weighted by atomic mass is 9.99. The van der Waals surface area contributed by atoms with E-state index in [-0.39, 0.29) is 61.0 Å². The molecule has 1 aliphatic rings. The minimum Gasteiger partial charge on any atom is -0.390 e. The van der Waals surface area contributed by atoms with Crippen molar-refractivity contribution in [2.45, 2.75) is 76.5 Å². The van der Waals surface area contributed by atoms with Crippen molar-refractivity contribution >= 4 is 32.6 Å². The second-order valence-electron chi connectivity index (χ2n) is 12.6. The summed E-state index contributed by atoms with van der Waals surface area (Å²) in [6.45, 7) is 7.62. The van der Waals surface area contributed by atoms with Crippen molar-refractivity contribution < 1.29 is 23.1 Å². The van der Waals surface area contributed by atoms with Crippen LogP contribution < -0.4 is 10.7 Å². The summed E-state index contributed by atoms with van der Waals surface area (Å²) in [6, 6.07) is 21.3. The molecule has 44 heavy (non-hydrogen) atoms. The van der Waals surface area contributed by atoms with E-state index in [0.717, 1.165) is 29.2 Å². The highest BCUT2D eigenvalue weighted by molar-refractivity contribution is 7.89. The number of sulfonamides is 1. The molecule has 2 amide bonds. The van der Waals surface area contributed by atoms with Crippen molar-refractivity contribution in [2.75, 3.05) is 19.6 Å². The van der Waals surface area contributed by atoms with Crippen molar-refractivity contribution in [3.63, 3.8) is 0 Å². The number of amides is 2. The number of aliphatic hydroxyl groups excluding tert-OH is 1. The van der Waals surface area contributed by atoms with Gasteiger partial charge in [-0.15, -0.1) is 0 Å². The lowest BCUT2D eigenvalue weighted by Crippen LogP contribution is -2.60. The van der Waals surface area contributed by atoms with Crippen molar-refractivity contribution in [3.05, 3.63) is 78.4 Å². The number of hydrogen-bond donors (Lipinski definition) is 3. The van der Waals surface area contributed by atoms with Gasteiger partial charge in [0.25, 0.3) is 5.91 Å². The standard InChI is InChI=1S/C34H46N4O5S/c1-24(2)18-34(41)38(36-33(40)21-35-29-15-16-29)31(19-26-10-6-5-7-11-26)32(39)23-37(22-25(3)4)44(42,43)30-17-14-27-12-8-9-13-28(27)20-30/h5-14,17,20,24-25,29,31-32,35,39H,15-16,18-19,21-23H2,1-4H3,(H,36,40)/t31-,32+/m0/s1. The fraction of sp³-hybridized carbons (Fsp3) is 0.471. The molecule has 0 bridgehead atoms. The summed E-state index contributed by atoms with van der Waals surface area (Å²) in [5, 5.41) is 18.0. The number of nitrogens with zero attached hydrogens (tertiary/aromatic N) is 2. The van der Waals surface area contributed by atoms with Gasteiger partial charge in [0.05, 0.1) is 23.6 Å². The molecule has 0 saturated heterocycles. The fourth-order valence-corrected chi connectivity index (χ4v) is 6.87. The predicted molar refractivity (Wildman–Crippen MR) is 173 cm³/mol. The molecular weight excluding hydrogens is 576 g/mol. The fourth-order valence-electron chi connectivity index (χ4n) is 5.22. The summed E-state index contributed by atoms with van der Waals surface area (Å²) < 4.78 is 29.4. The number of fused-ring (bicyclic) bond motifs is 1. The van der Waals surface area contributed by atoms with Crippen LogP contribution in [0, 0.1) is 11.8 Å². The molecule has 0 heterocycles. The van der Waals surface area contributed by atoms with Gasteiger partial charge in [-0.1, -0.05) is 88.4 Å². The first-order valence-corrected chi connectivity index (χ1v) is 16.9. The first-order valence-electron chi connectivity index (χ1n) is 15.5. The molecule has 0 aliphatic heterocycles. The molecule has 1 saturated carbocycles. The SMILES string of the molecule is CC(C)CC(=O)N(NC(=O)CNC1CC1)[C@@H](Cc1ccccc1)[C@H](O)CN(CC(C)C)S(=O)(=O)c1ccc2ccccc2c1. The Bertz CT molecular complexity index is 1510. The Hall–Kier alpha value is -3.31. The largest absolute Gasteiger partial charge is 0.390 e. The van der Waals surface area contributed by atoms with Crippen molar-refractivity contribution in [1.29, 1.82) is 0 Å². The Morgan fingerprint density at radius 1 is 0.886 bits per heavy atom. The summed E-state index contributed by atoms with van der Waals surface area (Å²) in [4.78, 5) is 26.8. The average molecular weight is 623 g/mol. The van der Waals surface area contributed by atoms with E-state index in [1.165, 1.54) is 9.31 Å². The van der Waals surface area contributed by atoms with Gasteiger partial charge in [-0.3, -0.25) is 15.0 Å². The van der Waals surface area contributed by atoms with Gasteiger partial charge in [0, 0.05) is 25.6 Å². The summed E-state index contributed by atoms with van der Waals surface area (Å²) in [5.41, 5.74) is 3.61. The van der Waals surface area contributed by atoms with Crippen molar-refractivity contribution in [3.8, 4) is 0 Å². The van der Waals surface area contributed by atoms with E-state index in [2.05, 4.69) is 10.7 Å². The number of carbonyl (C=O) groups excluding carboxylic acids is 2. The van der Waals surface area contributed by atoms with Crippen molar-refractivity contribution in [2.24, 2.45) is 11.8 Å². The van der Waals surface area contributed by atoms with Crippen LogP contribution in [-0.2, 0) is 26.0 Å². The molecular formula is C34H46N4O5S. The molecule has 1 fully saturated rings. The zero-order chi connectivity index (χ0) is 31.9. The first-order chi connectivity index (χ1) is 20.9. The highest BCUT2D eigenvalue weighted by Gasteiger charge is 2.36. The normalized spacial score (nSPS) is 15.1. The van der Waals surface area contributed by atoms with Crippen LogP contribution in [0.3, 0.4) is 0 Å². The van der Waals surface area contributed by atoms with E-state index in [1.54, 1.807) is 18.2 Å². The van der Waals surface area contributed by atoms with Gasteiger partial charge < -0.3 is 10.4 Å². The van der Waals surface area contributed by atoms with Crippen molar-refractivity contribution in [1.82, 2.24) is 20.1 Å². The number of hydrogen-bond acceptors (Lipinski definition) is 6. The molecule has 0 aromatic heterocycles. The predicted octanol–water partition coefficient (Wildman–Crippen LogP) is 4.12. The molecule has 10 heteroatoms. The van der Waals surface area contributed by atoms with Gasteiger partial charge in [0.1, 0.15) is 0 Å². The monoisotopic (exact) mass is 622 g/mol. The minimum atomic E-state index is -4.02. The number of aliphatic hydroxyl groups is 1. The van der Waals surface area contributed by atoms with E-state index >= 15 is 0 Å². The maximum Gasteiger partial charge on any atom is 0.252 e. The molecule has 9 nitrogen and oxygen atoms in total. The zero-order valence-corrected chi connectivity index (χ0v) is 27.0. The van der Waals surface area contributed by atoms with Gasteiger partial charge >= 0.3 is 0 Å². The average Bonchev–Trinajstić information content (AvgIpc) is 3.82. The molecule has 3 aromatic carbocycles. The number of rotatable bonds is 15. The molecule has 3 aromatic rings. The molecule has 0 radical (unpaired) electrons. The summed E-state index contributed by atoms with van der Waals surface area (Å²) in [6.07, 6.45) is 1.08. The second-order valence-corrected chi connectivity index (χ2v) is 14.5. The van der Waals surface area contributed by atoms with E-state index in [0.29, 0.717) is 6.04 Å².